The van der Waals surface area contributed by atoms with E-state index in [9.17, 15) is 4.79 Å². The molecule has 0 N–H and O–H groups in total. The molecule has 0 radical (unpaired) electrons. The molecule has 98 valence electrons. The minimum absolute atomic E-state index is 0.211. The molecule has 0 aliphatic carbocycles. The number of aldehydes is 1. The molecule has 0 aromatic heterocycles. The van der Waals surface area contributed by atoms with E-state index in [1.54, 1.807) is 0 Å². The summed E-state index contributed by atoms with van der Waals surface area (Å²) in [5.41, 5.74) is -0.211. The number of nitrogens with zero attached hydrogens (tertiary/aromatic N) is 1. The Morgan fingerprint density at radius 2 is 2.18 bits per heavy atom. The van der Waals surface area contributed by atoms with Crippen molar-refractivity contribution >= 4 is 6.29 Å². The molecule has 1 unspecified atom stereocenters. The van der Waals surface area contributed by atoms with Crippen molar-refractivity contribution in [3.05, 3.63) is 0 Å². The first-order valence-corrected chi connectivity index (χ1v) is 7.04. The molecule has 2 aliphatic heterocycles. The Morgan fingerprint density at radius 1 is 1.41 bits per heavy atom. The molecule has 0 saturated carbocycles. The van der Waals surface area contributed by atoms with E-state index in [-0.39, 0.29) is 5.41 Å². The molecule has 2 fully saturated rings. The second-order valence-corrected chi connectivity index (χ2v) is 5.76. The van der Waals surface area contributed by atoms with Gasteiger partial charge in [0.25, 0.3) is 0 Å². The van der Waals surface area contributed by atoms with E-state index < -0.39 is 0 Å². The van der Waals surface area contributed by atoms with Gasteiger partial charge in [0.15, 0.2) is 0 Å². The lowest BCUT2D eigenvalue weighted by molar-refractivity contribution is -0.126. The lowest BCUT2D eigenvalue weighted by atomic mass is 9.82. The highest BCUT2D eigenvalue weighted by Crippen LogP contribution is 2.29. The summed E-state index contributed by atoms with van der Waals surface area (Å²) in [6, 6.07) is 0. The van der Waals surface area contributed by atoms with E-state index in [0.29, 0.717) is 6.61 Å². The number of ether oxygens (including phenoxy) is 1. The van der Waals surface area contributed by atoms with Gasteiger partial charge < -0.3 is 14.4 Å². The Kier molecular flexibility index (Phi) is 4.57. The van der Waals surface area contributed by atoms with Gasteiger partial charge in [-0.2, -0.15) is 0 Å². The van der Waals surface area contributed by atoms with E-state index in [4.69, 9.17) is 4.74 Å². The summed E-state index contributed by atoms with van der Waals surface area (Å²) in [6.07, 6.45) is 7.08. The zero-order valence-corrected chi connectivity index (χ0v) is 11.0. The normalized spacial score (nSPS) is 32.5. The smallest absolute Gasteiger partial charge is 0.129 e. The molecule has 3 heteroatoms. The number of rotatable bonds is 4. The van der Waals surface area contributed by atoms with Gasteiger partial charge in [-0.3, -0.25) is 0 Å². The molecule has 0 aromatic carbocycles. The first kappa shape index (κ1) is 13.0. The van der Waals surface area contributed by atoms with Crippen LogP contribution in [0.2, 0.25) is 0 Å². The van der Waals surface area contributed by atoms with Crippen molar-refractivity contribution in [1.82, 2.24) is 4.90 Å². The van der Waals surface area contributed by atoms with Crippen LogP contribution in [-0.2, 0) is 9.53 Å². The average molecular weight is 239 g/mol. The Labute approximate surface area is 105 Å². The van der Waals surface area contributed by atoms with Crippen LogP contribution in [0, 0.1) is 11.3 Å². The molecule has 0 bridgehead atoms. The summed E-state index contributed by atoms with van der Waals surface area (Å²) in [5, 5.41) is 0. The topological polar surface area (TPSA) is 29.5 Å². The Balaban J connectivity index is 1.84. The van der Waals surface area contributed by atoms with Crippen molar-refractivity contribution in [2.75, 3.05) is 32.8 Å². The van der Waals surface area contributed by atoms with E-state index in [1.807, 2.05) is 0 Å². The zero-order chi connectivity index (χ0) is 12.1. The maximum absolute atomic E-state index is 11.4. The third-order valence-corrected chi connectivity index (χ3v) is 4.43. The maximum Gasteiger partial charge on any atom is 0.129 e. The molecular formula is C14H25NO2. The third-order valence-electron chi connectivity index (χ3n) is 4.43. The van der Waals surface area contributed by atoms with Gasteiger partial charge in [0.2, 0.25) is 0 Å². The van der Waals surface area contributed by atoms with Gasteiger partial charge in [-0.25, -0.2) is 0 Å². The van der Waals surface area contributed by atoms with Gasteiger partial charge in [-0.05, 0) is 44.7 Å². The highest BCUT2D eigenvalue weighted by Gasteiger charge is 2.35. The van der Waals surface area contributed by atoms with E-state index in [2.05, 4.69) is 11.8 Å². The summed E-state index contributed by atoms with van der Waals surface area (Å²) in [5.74, 6) is 0.904. The zero-order valence-electron chi connectivity index (χ0n) is 11.0. The largest absolute Gasteiger partial charge is 0.380 e. The van der Waals surface area contributed by atoms with E-state index in [1.165, 1.54) is 19.3 Å². The van der Waals surface area contributed by atoms with Crippen LogP contribution in [0.5, 0.6) is 0 Å². The Bertz CT molecular complexity index is 241. The van der Waals surface area contributed by atoms with Crippen LogP contribution in [-0.4, -0.2) is 44.0 Å². The molecular weight excluding hydrogens is 214 g/mol. The van der Waals surface area contributed by atoms with Crippen molar-refractivity contribution < 1.29 is 9.53 Å². The molecule has 17 heavy (non-hydrogen) atoms. The number of carbonyl (C=O) groups excluding carboxylic acids is 1. The molecule has 0 amide bonds. The van der Waals surface area contributed by atoms with Crippen molar-refractivity contribution in [1.29, 1.82) is 0 Å². The van der Waals surface area contributed by atoms with Crippen LogP contribution < -0.4 is 0 Å². The highest BCUT2D eigenvalue weighted by atomic mass is 16.5. The number of carbonyl (C=O) groups is 1. The highest BCUT2D eigenvalue weighted by molar-refractivity contribution is 5.60. The quantitative estimate of drug-likeness (QED) is 0.704. The fraction of sp³-hybridized carbons (Fsp3) is 0.929. The van der Waals surface area contributed by atoms with Gasteiger partial charge in [0.05, 0.1) is 12.0 Å². The Hall–Kier alpha value is -0.410. The summed E-state index contributed by atoms with van der Waals surface area (Å²) in [7, 11) is 0. The summed E-state index contributed by atoms with van der Waals surface area (Å²) in [4.78, 5) is 13.8. The Morgan fingerprint density at radius 3 is 2.71 bits per heavy atom. The average Bonchev–Trinajstić information content (AvgIpc) is 2.41. The second-order valence-electron chi connectivity index (χ2n) is 5.76. The van der Waals surface area contributed by atoms with E-state index >= 15 is 0 Å². The van der Waals surface area contributed by atoms with Crippen LogP contribution in [0.1, 0.15) is 39.0 Å². The maximum atomic E-state index is 11.4. The molecule has 2 heterocycles. The number of hydrogen-bond acceptors (Lipinski definition) is 3. The first-order valence-electron chi connectivity index (χ1n) is 7.04. The minimum Gasteiger partial charge on any atom is -0.380 e. The molecule has 0 aromatic rings. The third kappa shape index (κ3) is 3.29. The van der Waals surface area contributed by atoms with Crippen LogP contribution in [0.4, 0.5) is 0 Å². The predicted molar refractivity (Wildman–Crippen MR) is 68.0 cm³/mol. The van der Waals surface area contributed by atoms with Crippen molar-refractivity contribution in [2.45, 2.75) is 39.0 Å². The molecule has 0 spiro atoms. The molecule has 3 nitrogen and oxygen atoms in total. The van der Waals surface area contributed by atoms with Gasteiger partial charge >= 0.3 is 0 Å². The van der Waals surface area contributed by atoms with Crippen molar-refractivity contribution in [2.24, 2.45) is 11.3 Å². The summed E-state index contributed by atoms with van der Waals surface area (Å²) in [6.45, 7) is 6.97. The number of hydrogen-bond donors (Lipinski definition) is 0. The van der Waals surface area contributed by atoms with Crippen molar-refractivity contribution in [3.63, 3.8) is 0 Å². The van der Waals surface area contributed by atoms with Gasteiger partial charge in [0, 0.05) is 13.2 Å². The van der Waals surface area contributed by atoms with Gasteiger partial charge in [0.1, 0.15) is 6.29 Å². The lowest BCUT2D eigenvalue weighted by Gasteiger charge is -2.39. The number of piperidine rings is 1. The fourth-order valence-corrected chi connectivity index (χ4v) is 3.13. The minimum atomic E-state index is -0.211. The SMILES string of the molecule is CCC1CCN(CC2(C=O)CCCOC2)CC1. The van der Waals surface area contributed by atoms with Gasteiger partial charge in [-0.15, -0.1) is 0 Å². The van der Waals surface area contributed by atoms with Crippen LogP contribution in [0.15, 0.2) is 0 Å². The van der Waals surface area contributed by atoms with Crippen LogP contribution in [0.25, 0.3) is 0 Å². The standard InChI is InChI=1S/C14H25NO2/c1-2-13-4-7-15(8-5-13)10-14(11-16)6-3-9-17-12-14/h11,13H,2-10,12H2,1H3. The summed E-state index contributed by atoms with van der Waals surface area (Å²) >= 11 is 0. The molecule has 2 aliphatic rings. The first-order chi connectivity index (χ1) is 8.28. The van der Waals surface area contributed by atoms with E-state index in [0.717, 1.165) is 51.3 Å². The van der Waals surface area contributed by atoms with Crippen molar-refractivity contribution in [3.8, 4) is 0 Å². The fourth-order valence-electron chi connectivity index (χ4n) is 3.13. The molecule has 1 atom stereocenters. The van der Waals surface area contributed by atoms with Crippen LogP contribution in [0.3, 0.4) is 0 Å². The molecule has 2 saturated heterocycles. The lowest BCUT2D eigenvalue weighted by Crippen LogP contribution is -2.46. The second kappa shape index (κ2) is 5.96. The monoisotopic (exact) mass is 239 g/mol. The molecule has 2 rings (SSSR count). The predicted octanol–water partition coefficient (Wildman–Crippen LogP) is 2.10. The summed E-state index contributed by atoms with van der Waals surface area (Å²) < 4.78 is 5.50. The number of likely N-dealkylation sites (tertiary alicyclic amines) is 1. The van der Waals surface area contributed by atoms with Crippen LogP contribution >= 0.6 is 0 Å². The van der Waals surface area contributed by atoms with Gasteiger partial charge in [-0.1, -0.05) is 13.3 Å².